The van der Waals surface area contributed by atoms with Gasteiger partial charge in [0.2, 0.25) is 5.91 Å². The van der Waals surface area contributed by atoms with Crippen molar-refractivity contribution < 1.29 is 19.1 Å². The van der Waals surface area contributed by atoms with Crippen LogP contribution in [0.4, 0.5) is 5.69 Å². The second-order valence-electron chi connectivity index (χ2n) is 6.14. The number of fused-ring (bicyclic) bond motifs is 1. The molecule has 0 saturated carbocycles. The van der Waals surface area contributed by atoms with Crippen molar-refractivity contribution >= 4 is 35.2 Å². The minimum absolute atomic E-state index is 0.0858. The molecule has 0 radical (unpaired) electrons. The third kappa shape index (κ3) is 4.29. The lowest BCUT2D eigenvalue weighted by Gasteiger charge is -2.22. The van der Waals surface area contributed by atoms with Crippen LogP contribution in [0.15, 0.2) is 23.1 Å². The predicted molar refractivity (Wildman–Crippen MR) is 93.1 cm³/mol. The molecule has 0 bridgehead atoms. The Kier molecular flexibility index (Phi) is 5.88. The van der Waals surface area contributed by atoms with Crippen LogP contribution in [0, 0.1) is 5.92 Å². The molecule has 2 rings (SSSR count). The molecular weight excluding hydrogens is 328 g/mol. The molecule has 0 saturated heterocycles. The highest BCUT2D eigenvalue weighted by atomic mass is 32.2. The van der Waals surface area contributed by atoms with E-state index in [0.29, 0.717) is 17.7 Å². The summed E-state index contributed by atoms with van der Waals surface area (Å²) in [6, 6.07) is 4.43. The molecule has 2 atom stereocenters. The molecule has 6 nitrogen and oxygen atoms in total. The number of benzene rings is 1. The predicted octanol–water partition coefficient (Wildman–Crippen LogP) is 2.44. The van der Waals surface area contributed by atoms with Crippen molar-refractivity contribution in [2.45, 2.75) is 43.4 Å². The first-order valence-electron chi connectivity index (χ1n) is 7.82. The Morgan fingerprint density at radius 3 is 2.71 bits per heavy atom. The van der Waals surface area contributed by atoms with Crippen LogP contribution in [0.2, 0.25) is 0 Å². The smallest absolute Gasteiger partial charge is 0.328 e. The number of hydrogen-bond acceptors (Lipinski definition) is 5. The highest BCUT2D eigenvalue weighted by molar-refractivity contribution is 8.00. The Morgan fingerprint density at radius 2 is 2.08 bits per heavy atom. The summed E-state index contributed by atoms with van der Waals surface area (Å²) in [6.45, 7) is 5.76. The van der Waals surface area contributed by atoms with E-state index in [1.165, 1.54) is 18.9 Å². The van der Waals surface area contributed by atoms with Crippen LogP contribution in [-0.2, 0) is 14.3 Å². The lowest BCUT2D eigenvalue weighted by Crippen LogP contribution is -2.42. The number of hydrogen-bond donors (Lipinski definition) is 2. The molecule has 1 aromatic carbocycles. The van der Waals surface area contributed by atoms with E-state index in [-0.39, 0.29) is 23.0 Å². The van der Waals surface area contributed by atoms with Gasteiger partial charge in [-0.3, -0.25) is 9.59 Å². The number of anilines is 1. The van der Waals surface area contributed by atoms with E-state index in [1.54, 1.807) is 18.2 Å². The fourth-order valence-electron chi connectivity index (χ4n) is 2.42. The largest absolute Gasteiger partial charge is 0.467 e. The van der Waals surface area contributed by atoms with E-state index in [9.17, 15) is 14.4 Å². The van der Waals surface area contributed by atoms with E-state index in [0.717, 1.165) is 4.90 Å². The molecule has 2 amide bonds. The highest BCUT2D eigenvalue weighted by Gasteiger charge is 2.26. The van der Waals surface area contributed by atoms with Crippen molar-refractivity contribution in [3.05, 3.63) is 23.8 Å². The molecular formula is C17H22N2O4S. The molecule has 2 N–H and O–H groups in total. The maximum absolute atomic E-state index is 12.5. The van der Waals surface area contributed by atoms with Crippen LogP contribution in [0.1, 0.15) is 37.6 Å². The third-order valence-electron chi connectivity index (χ3n) is 3.67. The van der Waals surface area contributed by atoms with Crippen LogP contribution in [0.25, 0.3) is 0 Å². The SMILES string of the molecule is COC(=O)C(CC(C)C)NC(=O)c1ccc2c(c1)NC(=O)C(C)S2. The van der Waals surface area contributed by atoms with Crippen LogP contribution in [0.5, 0.6) is 0 Å². The van der Waals surface area contributed by atoms with Gasteiger partial charge in [-0.25, -0.2) is 4.79 Å². The summed E-state index contributed by atoms with van der Waals surface area (Å²) in [7, 11) is 1.30. The standard InChI is InChI=1S/C17H22N2O4S/c1-9(2)7-13(17(22)23-4)19-16(21)11-5-6-14-12(8-11)18-15(20)10(3)24-14/h5-6,8-10,13H,7H2,1-4H3,(H,18,20)(H,19,21). The van der Waals surface area contributed by atoms with E-state index in [4.69, 9.17) is 4.74 Å². The Hall–Kier alpha value is -2.02. The topological polar surface area (TPSA) is 84.5 Å². The van der Waals surface area contributed by atoms with Gasteiger partial charge in [0.25, 0.3) is 5.91 Å². The van der Waals surface area contributed by atoms with Crippen LogP contribution in [-0.4, -0.2) is 36.2 Å². The van der Waals surface area contributed by atoms with Gasteiger partial charge in [0.1, 0.15) is 6.04 Å². The van der Waals surface area contributed by atoms with Gasteiger partial charge in [-0.15, -0.1) is 11.8 Å². The van der Waals surface area contributed by atoms with Gasteiger partial charge in [-0.05, 0) is 37.5 Å². The monoisotopic (exact) mass is 350 g/mol. The summed E-state index contributed by atoms with van der Waals surface area (Å²) < 4.78 is 4.75. The summed E-state index contributed by atoms with van der Waals surface area (Å²) >= 11 is 1.45. The molecule has 24 heavy (non-hydrogen) atoms. The Balaban J connectivity index is 2.16. The molecule has 0 spiro atoms. The molecule has 130 valence electrons. The second-order valence-corrected chi connectivity index (χ2v) is 7.52. The fraction of sp³-hybridized carbons (Fsp3) is 0.471. The first-order valence-corrected chi connectivity index (χ1v) is 8.70. The Bertz CT molecular complexity index is 660. The number of carbonyl (C=O) groups excluding carboxylic acids is 3. The molecule has 1 heterocycles. The molecule has 0 aromatic heterocycles. The summed E-state index contributed by atoms with van der Waals surface area (Å²) in [6.07, 6.45) is 0.494. The number of nitrogens with one attached hydrogen (secondary N) is 2. The number of thioether (sulfide) groups is 1. The summed E-state index contributed by atoms with van der Waals surface area (Å²) in [5.41, 5.74) is 1.01. The zero-order valence-electron chi connectivity index (χ0n) is 14.2. The van der Waals surface area contributed by atoms with Crippen LogP contribution < -0.4 is 10.6 Å². The van der Waals surface area contributed by atoms with Crippen molar-refractivity contribution in [1.29, 1.82) is 0 Å². The zero-order chi connectivity index (χ0) is 17.9. The summed E-state index contributed by atoms with van der Waals surface area (Å²) in [4.78, 5) is 37.0. The van der Waals surface area contributed by atoms with Crippen LogP contribution >= 0.6 is 11.8 Å². The maximum Gasteiger partial charge on any atom is 0.328 e. The van der Waals surface area contributed by atoms with Crippen molar-refractivity contribution in [3.8, 4) is 0 Å². The quantitative estimate of drug-likeness (QED) is 0.797. The van der Waals surface area contributed by atoms with E-state index in [2.05, 4.69) is 10.6 Å². The molecule has 0 fully saturated rings. The molecule has 1 aliphatic heterocycles. The van der Waals surface area contributed by atoms with Crippen molar-refractivity contribution in [2.75, 3.05) is 12.4 Å². The van der Waals surface area contributed by atoms with Crippen molar-refractivity contribution in [3.63, 3.8) is 0 Å². The zero-order valence-corrected chi connectivity index (χ0v) is 15.0. The number of rotatable bonds is 5. The fourth-order valence-corrected chi connectivity index (χ4v) is 3.35. The number of methoxy groups -OCH3 is 1. The summed E-state index contributed by atoms with van der Waals surface area (Å²) in [5.74, 6) is -0.688. The average molecular weight is 350 g/mol. The van der Waals surface area contributed by atoms with E-state index in [1.807, 2.05) is 20.8 Å². The second kappa shape index (κ2) is 7.70. The van der Waals surface area contributed by atoms with Crippen LogP contribution in [0.3, 0.4) is 0 Å². The van der Waals surface area contributed by atoms with Gasteiger partial charge in [0.05, 0.1) is 18.0 Å². The van der Waals surface area contributed by atoms with Gasteiger partial charge in [0.15, 0.2) is 0 Å². The summed E-state index contributed by atoms with van der Waals surface area (Å²) in [5, 5.41) is 5.34. The van der Waals surface area contributed by atoms with Gasteiger partial charge in [-0.1, -0.05) is 13.8 Å². The first kappa shape index (κ1) is 18.3. The number of amides is 2. The Labute approximate surface area is 145 Å². The molecule has 1 aromatic rings. The van der Waals surface area contributed by atoms with Gasteiger partial charge in [-0.2, -0.15) is 0 Å². The molecule has 1 aliphatic rings. The lowest BCUT2D eigenvalue weighted by atomic mass is 10.0. The van der Waals surface area contributed by atoms with Gasteiger partial charge >= 0.3 is 5.97 Å². The number of ether oxygens (including phenoxy) is 1. The maximum atomic E-state index is 12.5. The molecule has 7 heteroatoms. The average Bonchev–Trinajstić information content (AvgIpc) is 2.53. The van der Waals surface area contributed by atoms with Crippen molar-refractivity contribution in [2.24, 2.45) is 5.92 Å². The number of carbonyl (C=O) groups is 3. The minimum Gasteiger partial charge on any atom is -0.467 e. The van der Waals surface area contributed by atoms with Crippen molar-refractivity contribution in [1.82, 2.24) is 5.32 Å². The minimum atomic E-state index is -0.692. The number of esters is 1. The third-order valence-corrected chi connectivity index (χ3v) is 4.85. The van der Waals surface area contributed by atoms with Gasteiger partial charge < -0.3 is 15.4 Å². The lowest BCUT2D eigenvalue weighted by molar-refractivity contribution is -0.143. The first-order chi connectivity index (χ1) is 11.3. The Morgan fingerprint density at radius 1 is 1.38 bits per heavy atom. The highest BCUT2D eigenvalue weighted by Crippen LogP contribution is 2.35. The van der Waals surface area contributed by atoms with E-state index < -0.39 is 12.0 Å². The normalized spacial score (nSPS) is 17.7. The molecule has 0 aliphatic carbocycles. The van der Waals surface area contributed by atoms with E-state index >= 15 is 0 Å². The molecule has 2 unspecified atom stereocenters. The van der Waals surface area contributed by atoms with Gasteiger partial charge in [0, 0.05) is 10.5 Å².